The van der Waals surface area contributed by atoms with Crippen LogP contribution in [0, 0.1) is 6.92 Å². The first-order chi connectivity index (χ1) is 12.6. The smallest absolute Gasteiger partial charge is 0.261 e. The molecule has 0 spiro atoms. The summed E-state index contributed by atoms with van der Waals surface area (Å²) in [6.45, 7) is 4.40. The van der Waals surface area contributed by atoms with Crippen molar-refractivity contribution >= 4 is 51.5 Å². The van der Waals surface area contributed by atoms with Crippen LogP contribution in [0.1, 0.15) is 21.8 Å². The maximum Gasteiger partial charge on any atom is 0.261 e. The van der Waals surface area contributed by atoms with Crippen molar-refractivity contribution in [2.75, 3.05) is 19.6 Å². The third-order valence-electron chi connectivity index (χ3n) is 4.48. The molecule has 1 aromatic carbocycles. The standard InChI is InChI=1S/C19H19ClN4OS.ClH/c1-12-14-10-17(18(25)22-11-13-6-8-21-9-7-13)26-19(14)24(23-12)16-5-3-2-4-15(16)20;/h2-6,10,21H,7-9,11H2,1H3,(H,22,25);1H. The monoisotopic (exact) mass is 422 g/mol. The Hall–Kier alpha value is -1.86. The third kappa shape index (κ3) is 4.04. The Bertz CT molecular complexity index is 1010. The van der Waals surface area contributed by atoms with Crippen molar-refractivity contribution < 1.29 is 4.79 Å². The summed E-state index contributed by atoms with van der Waals surface area (Å²) >= 11 is 7.77. The van der Waals surface area contributed by atoms with Crippen molar-refractivity contribution in [3.8, 4) is 5.69 Å². The Morgan fingerprint density at radius 1 is 1.41 bits per heavy atom. The Morgan fingerprint density at radius 2 is 2.22 bits per heavy atom. The van der Waals surface area contributed by atoms with E-state index in [1.807, 2.05) is 41.9 Å². The van der Waals surface area contributed by atoms with E-state index in [-0.39, 0.29) is 18.3 Å². The molecule has 5 nitrogen and oxygen atoms in total. The van der Waals surface area contributed by atoms with Crippen molar-refractivity contribution in [1.29, 1.82) is 0 Å². The molecule has 0 saturated carbocycles. The van der Waals surface area contributed by atoms with Gasteiger partial charge in [-0.2, -0.15) is 5.10 Å². The van der Waals surface area contributed by atoms with Crippen LogP contribution in [-0.2, 0) is 0 Å². The number of rotatable bonds is 4. The number of aryl methyl sites for hydroxylation is 1. The Morgan fingerprint density at radius 3 is 2.96 bits per heavy atom. The van der Waals surface area contributed by atoms with Crippen molar-refractivity contribution in [1.82, 2.24) is 20.4 Å². The highest BCUT2D eigenvalue weighted by atomic mass is 35.5. The van der Waals surface area contributed by atoms with Crippen LogP contribution in [0.25, 0.3) is 15.9 Å². The highest BCUT2D eigenvalue weighted by Gasteiger charge is 2.18. The lowest BCUT2D eigenvalue weighted by Gasteiger charge is -2.14. The average Bonchev–Trinajstić information content (AvgIpc) is 3.22. The van der Waals surface area contributed by atoms with Gasteiger partial charge in [0.1, 0.15) is 4.83 Å². The number of hydrogen-bond donors (Lipinski definition) is 2. The minimum atomic E-state index is -0.0456. The molecule has 2 N–H and O–H groups in total. The second-order valence-corrected chi connectivity index (χ2v) is 7.72. The summed E-state index contributed by atoms with van der Waals surface area (Å²) in [5.74, 6) is -0.0456. The number of thiophene rings is 1. The van der Waals surface area contributed by atoms with Crippen LogP contribution >= 0.6 is 35.3 Å². The molecule has 0 unspecified atom stereocenters. The SMILES string of the molecule is Cc1nn(-c2ccccc2Cl)c2sc(C(=O)NCC3=CCNCC3)cc12.Cl. The second-order valence-electron chi connectivity index (χ2n) is 6.28. The third-order valence-corrected chi connectivity index (χ3v) is 5.91. The van der Waals surface area contributed by atoms with Gasteiger partial charge in [-0.1, -0.05) is 35.4 Å². The van der Waals surface area contributed by atoms with Gasteiger partial charge in [0.15, 0.2) is 0 Å². The lowest BCUT2D eigenvalue weighted by molar-refractivity contribution is 0.0960. The van der Waals surface area contributed by atoms with E-state index in [1.165, 1.54) is 16.9 Å². The van der Waals surface area contributed by atoms with E-state index in [0.717, 1.165) is 41.1 Å². The topological polar surface area (TPSA) is 59.0 Å². The molecule has 0 fully saturated rings. The van der Waals surface area contributed by atoms with Gasteiger partial charge < -0.3 is 10.6 Å². The minimum absolute atomic E-state index is 0. The molecule has 0 aliphatic carbocycles. The second kappa shape index (κ2) is 8.44. The zero-order valence-electron chi connectivity index (χ0n) is 14.8. The predicted octanol–water partition coefficient (Wildman–Crippen LogP) is 4.12. The van der Waals surface area contributed by atoms with Crippen LogP contribution in [0.2, 0.25) is 5.02 Å². The molecule has 1 aliphatic rings. The molecule has 8 heteroatoms. The molecule has 2 aromatic heterocycles. The van der Waals surface area contributed by atoms with Crippen molar-refractivity contribution in [2.45, 2.75) is 13.3 Å². The van der Waals surface area contributed by atoms with Crippen LogP contribution in [-0.4, -0.2) is 35.3 Å². The summed E-state index contributed by atoms with van der Waals surface area (Å²) in [6.07, 6.45) is 3.13. The number of carbonyl (C=O) groups excluding carboxylic acids is 1. The van der Waals surface area contributed by atoms with Gasteiger partial charge in [-0.05, 0) is 38.1 Å². The van der Waals surface area contributed by atoms with Crippen LogP contribution in [0.15, 0.2) is 42.0 Å². The van der Waals surface area contributed by atoms with E-state index in [1.54, 1.807) is 0 Å². The van der Waals surface area contributed by atoms with Crippen molar-refractivity contribution in [3.05, 3.63) is 57.6 Å². The molecule has 142 valence electrons. The average molecular weight is 423 g/mol. The van der Waals surface area contributed by atoms with Gasteiger partial charge in [0.05, 0.1) is 21.3 Å². The summed E-state index contributed by atoms with van der Waals surface area (Å²) in [6, 6.07) is 9.51. The first-order valence-electron chi connectivity index (χ1n) is 8.54. The van der Waals surface area contributed by atoms with Crippen LogP contribution < -0.4 is 10.6 Å². The quantitative estimate of drug-likeness (QED) is 0.621. The van der Waals surface area contributed by atoms with Gasteiger partial charge in [0.2, 0.25) is 0 Å². The highest BCUT2D eigenvalue weighted by Crippen LogP contribution is 2.32. The lowest BCUT2D eigenvalue weighted by Crippen LogP contribution is -2.29. The van der Waals surface area contributed by atoms with E-state index in [0.29, 0.717) is 16.4 Å². The summed E-state index contributed by atoms with van der Waals surface area (Å²) in [5, 5.41) is 12.5. The van der Waals surface area contributed by atoms with Gasteiger partial charge >= 0.3 is 0 Å². The number of fused-ring (bicyclic) bond motifs is 1. The molecule has 1 amide bonds. The minimum Gasteiger partial charge on any atom is -0.348 e. The van der Waals surface area contributed by atoms with Gasteiger partial charge in [-0.25, -0.2) is 4.68 Å². The Labute approximate surface area is 172 Å². The number of halogens is 2. The molecule has 0 bridgehead atoms. The first-order valence-corrected chi connectivity index (χ1v) is 9.74. The summed E-state index contributed by atoms with van der Waals surface area (Å²) < 4.78 is 1.82. The van der Waals surface area contributed by atoms with Crippen molar-refractivity contribution in [3.63, 3.8) is 0 Å². The van der Waals surface area contributed by atoms with Crippen LogP contribution in [0.5, 0.6) is 0 Å². The first kappa shape index (κ1) is 19.9. The maximum absolute atomic E-state index is 12.6. The fraction of sp³-hybridized carbons (Fsp3) is 0.263. The van der Waals surface area contributed by atoms with Crippen LogP contribution in [0.4, 0.5) is 0 Å². The van der Waals surface area contributed by atoms with E-state index in [9.17, 15) is 4.79 Å². The van der Waals surface area contributed by atoms with Crippen LogP contribution in [0.3, 0.4) is 0 Å². The van der Waals surface area contributed by atoms with E-state index < -0.39 is 0 Å². The molecule has 27 heavy (non-hydrogen) atoms. The number of carbonyl (C=O) groups is 1. The molecular weight excluding hydrogens is 403 g/mol. The number of amides is 1. The molecule has 0 radical (unpaired) electrons. The normalized spacial score (nSPS) is 13.9. The summed E-state index contributed by atoms with van der Waals surface area (Å²) in [4.78, 5) is 14.2. The molecule has 3 aromatic rings. The lowest BCUT2D eigenvalue weighted by atomic mass is 10.1. The molecular formula is C19H20Cl2N4OS. The molecule has 0 atom stereocenters. The van der Waals surface area contributed by atoms with Crippen molar-refractivity contribution in [2.24, 2.45) is 0 Å². The number of hydrogen-bond acceptors (Lipinski definition) is 4. The summed E-state index contributed by atoms with van der Waals surface area (Å²) in [5.41, 5.74) is 2.98. The Balaban J connectivity index is 0.00000210. The predicted molar refractivity (Wildman–Crippen MR) is 114 cm³/mol. The van der Waals surface area contributed by atoms with Gasteiger partial charge in [-0.3, -0.25) is 4.79 Å². The van der Waals surface area contributed by atoms with E-state index >= 15 is 0 Å². The summed E-state index contributed by atoms with van der Waals surface area (Å²) in [7, 11) is 0. The Kier molecular flexibility index (Phi) is 6.22. The number of aromatic nitrogens is 2. The van der Waals surface area contributed by atoms with Gasteiger partial charge in [0, 0.05) is 18.5 Å². The van der Waals surface area contributed by atoms with E-state index in [2.05, 4.69) is 21.8 Å². The fourth-order valence-corrected chi connectivity index (χ4v) is 4.36. The number of nitrogens with zero attached hydrogens (tertiary/aromatic N) is 2. The molecule has 1 aliphatic heterocycles. The molecule has 4 rings (SSSR count). The maximum atomic E-state index is 12.6. The molecule has 0 saturated heterocycles. The molecule has 3 heterocycles. The fourth-order valence-electron chi connectivity index (χ4n) is 3.06. The van der Waals surface area contributed by atoms with Gasteiger partial charge in [0.25, 0.3) is 5.91 Å². The van der Waals surface area contributed by atoms with Gasteiger partial charge in [-0.15, -0.1) is 23.7 Å². The highest BCUT2D eigenvalue weighted by molar-refractivity contribution is 7.20. The largest absolute Gasteiger partial charge is 0.348 e. The zero-order chi connectivity index (χ0) is 18.1. The zero-order valence-corrected chi connectivity index (χ0v) is 17.2. The number of nitrogens with one attached hydrogen (secondary N) is 2. The van der Waals surface area contributed by atoms with E-state index in [4.69, 9.17) is 11.6 Å². The number of benzene rings is 1. The number of para-hydroxylation sites is 1.